The van der Waals surface area contributed by atoms with Crippen molar-refractivity contribution in [2.24, 2.45) is 0 Å². The maximum absolute atomic E-state index is 11.7. The molecule has 0 radical (unpaired) electrons. The molecule has 0 aromatic heterocycles. The van der Waals surface area contributed by atoms with Crippen LogP contribution in [0.2, 0.25) is 0 Å². The SMILES string of the molecule is CCN(CCC(=O)O)CC(=O)N(C)C(C)C. The first-order chi connectivity index (χ1) is 7.38. The van der Waals surface area contributed by atoms with Crippen molar-refractivity contribution in [2.45, 2.75) is 33.2 Å². The normalized spacial score (nSPS) is 10.9. The Kier molecular flexibility index (Phi) is 6.72. The van der Waals surface area contributed by atoms with Crippen molar-refractivity contribution in [3.8, 4) is 0 Å². The van der Waals surface area contributed by atoms with Crippen molar-refractivity contribution in [3.63, 3.8) is 0 Å². The summed E-state index contributed by atoms with van der Waals surface area (Å²) in [5.41, 5.74) is 0. The van der Waals surface area contributed by atoms with Gasteiger partial charge >= 0.3 is 5.97 Å². The van der Waals surface area contributed by atoms with Gasteiger partial charge in [0.25, 0.3) is 0 Å². The molecule has 94 valence electrons. The first kappa shape index (κ1) is 14.9. The number of carbonyl (C=O) groups excluding carboxylic acids is 1. The van der Waals surface area contributed by atoms with Gasteiger partial charge in [-0.3, -0.25) is 14.5 Å². The molecule has 0 aromatic rings. The summed E-state index contributed by atoms with van der Waals surface area (Å²) in [7, 11) is 1.76. The fourth-order valence-electron chi connectivity index (χ4n) is 1.19. The van der Waals surface area contributed by atoms with E-state index < -0.39 is 5.97 Å². The smallest absolute Gasteiger partial charge is 0.304 e. The molecular formula is C11H22N2O3. The summed E-state index contributed by atoms with van der Waals surface area (Å²) in [6, 6.07) is 0.172. The van der Waals surface area contributed by atoms with Crippen molar-refractivity contribution in [1.29, 1.82) is 0 Å². The van der Waals surface area contributed by atoms with E-state index in [0.717, 1.165) is 0 Å². The summed E-state index contributed by atoms with van der Waals surface area (Å²) < 4.78 is 0. The molecule has 0 unspecified atom stereocenters. The average Bonchev–Trinajstić information content (AvgIpc) is 2.22. The fraction of sp³-hybridized carbons (Fsp3) is 0.818. The summed E-state index contributed by atoms with van der Waals surface area (Å²) in [5, 5.41) is 8.57. The number of amides is 1. The third-order valence-electron chi connectivity index (χ3n) is 2.62. The van der Waals surface area contributed by atoms with Crippen LogP contribution < -0.4 is 0 Å². The molecule has 0 rings (SSSR count). The van der Waals surface area contributed by atoms with Crippen LogP contribution in [0.3, 0.4) is 0 Å². The van der Waals surface area contributed by atoms with E-state index in [2.05, 4.69) is 0 Å². The predicted octanol–water partition coefficient (Wildman–Crippen LogP) is 0.650. The zero-order valence-corrected chi connectivity index (χ0v) is 10.6. The summed E-state index contributed by atoms with van der Waals surface area (Å²) in [6.45, 7) is 7.22. The van der Waals surface area contributed by atoms with Crippen LogP contribution in [0, 0.1) is 0 Å². The number of hydrogen-bond acceptors (Lipinski definition) is 3. The van der Waals surface area contributed by atoms with Gasteiger partial charge in [0.05, 0.1) is 13.0 Å². The lowest BCUT2D eigenvalue weighted by atomic mass is 10.3. The number of likely N-dealkylation sites (N-methyl/N-ethyl adjacent to an activating group) is 2. The number of rotatable bonds is 7. The number of hydrogen-bond donors (Lipinski definition) is 1. The van der Waals surface area contributed by atoms with Gasteiger partial charge in [-0.05, 0) is 20.4 Å². The molecule has 0 fully saturated rings. The van der Waals surface area contributed by atoms with E-state index in [-0.39, 0.29) is 18.4 Å². The van der Waals surface area contributed by atoms with Crippen molar-refractivity contribution in [2.75, 3.05) is 26.7 Å². The van der Waals surface area contributed by atoms with Gasteiger partial charge in [-0.2, -0.15) is 0 Å². The zero-order chi connectivity index (χ0) is 12.7. The van der Waals surface area contributed by atoms with Gasteiger partial charge in [-0.1, -0.05) is 6.92 Å². The Labute approximate surface area is 97.0 Å². The highest BCUT2D eigenvalue weighted by molar-refractivity contribution is 5.78. The second kappa shape index (κ2) is 7.22. The Morgan fingerprint density at radius 2 is 1.88 bits per heavy atom. The van der Waals surface area contributed by atoms with E-state index >= 15 is 0 Å². The highest BCUT2D eigenvalue weighted by atomic mass is 16.4. The summed E-state index contributed by atoms with van der Waals surface area (Å²) in [4.78, 5) is 25.7. The highest BCUT2D eigenvalue weighted by Gasteiger charge is 2.15. The molecule has 0 saturated heterocycles. The molecule has 16 heavy (non-hydrogen) atoms. The van der Waals surface area contributed by atoms with E-state index in [1.165, 1.54) is 0 Å². The largest absolute Gasteiger partial charge is 0.481 e. The number of carbonyl (C=O) groups is 2. The molecule has 0 aromatic carbocycles. The third-order valence-corrected chi connectivity index (χ3v) is 2.62. The molecule has 0 heterocycles. The van der Waals surface area contributed by atoms with Gasteiger partial charge in [-0.25, -0.2) is 0 Å². The Morgan fingerprint density at radius 1 is 1.31 bits per heavy atom. The lowest BCUT2D eigenvalue weighted by Gasteiger charge is -2.26. The van der Waals surface area contributed by atoms with Crippen LogP contribution in [-0.4, -0.2) is 59.5 Å². The predicted molar refractivity (Wildman–Crippen MR) is 62.3 cm³/mol. The lowest BCUT2D eigenvalue weighted by molar-refractivity contribution is -0.138. The van der Waals surface area contributed by atoms with Crippen LogP contribution in [0.15, 0.2) is 0 Å². The molecule has 0 atom stereocenters. The first-order valence-corrected chi connectivity index (χ1v) is 5.58. The van der Waals surface area contributed by atoms with Gasteiger partial charge in [0, 0.05) is 19.6 Å². The molecule has 0 aliphatic carbocycles. The van der Waals surface area contributed by atoms with Gasteiger partial charge < -0.3 is 10.0 Å². The minimum Gasteiger partial charge on any atom is -0.481 e. The van der Waals surface area contributed by atoms with E-state index in [0.29, 0.717) is 19.6 Å². The van der Waals surface area contributed by atoms with Crippen molar-refractivity contribution < 1.29 is 14.7 Å². The van der Waals surface area contributed by atoms with Crippen molar-refractivity contribution in [1.82, 2.24) is 9.80 Å². The van der Waals surface area contributed by atoms with Gasteiger partial charge in [0.1, 0.15) is 0 Å². The maximum Gasteiger partial charge on any atom is 0.304 e. The number of aliphatic carboxylic acids is 1. The van der Waals surface area contributed by atoms with Crippen LogP contribution in [0.5, 0.6) is 0 Å². The molecule has 1 N–H and O–H groups in total. The molecule has 0 aliphatic heterocycles. The number of carboxylic acid groups (broad SMARTS) is 1. The minimum atomic E-state index is -0.830. The topological polar surface area (TPSA) is 60.9 Å². The van der Waals surface area contributed by atoms with Crippen molar-refractivity contribution in [3.05, 3.63) is 0 Å². The zero-order valence-electron chi connectivity index (χ0n) is 10.6. The van der Waals surface area contributed by atoms with Crippen LogP contribution in [-0.2, 0) is 9.59 Å². The summed E-state index contributed by atoms with van der Waals surface area (Å²) in [5.74, 6) is -0.801. The van der Waals surface area contributed by atoms with Crippen LogP contribution in [0.1, 0.15) is 27.2 Å². The highest BCUT2D eigenvalue weighted by Crippen LogP contribution is 1.98. The minimum absolute atomic E-state index is 0.0299. The molecule has 0 spiro atoms. The average molecular weight is 230 g/mol. The van der Waals surface area contributed by atoms with E-state index in [1.54, 1.807) is 11.9 Å². The number of carboxylic acids is 1. The molecular weight excluding hydrogens is 208 g/mol. The molecule has 0 bridgehead atoms. The Bertz CT molecular complexity index is 241. The van der Waals surface area contributed by atoms with Crippen LogP contribution in [0.4, 0.5) is 0 Å². The summed E-state index contributed by atoms with van der Waals surface area (Å²) in [6.07, 6.45) is 0.0759. The molecule has 5 heteroatoms. The van der Waals surface area contributed by atoms with Gasteiger partial charge in [0.2, 0.25) is 5.91 Å². The van der Waals surface area contributed by atoms with Gasteiger partial charge in [0.15, 0.2) is 0 Å². The van der Waals surface area contributed by atoms with Gasteiger partial charge in [-0.15, -0.1) is 0 Å². The quantitative estimate of drug-likeness (QED) is 0.697. The number of nitrogens with zero attached hydrogens (tertiary/aromatic N) is 2. The molecule has 0 saturated carbocycles. The first-order valence-electron chi connectivity index (χ1n) is 5.58. The Balaban J connectivity index is 4.11. The monoisotopic (exact) mass is 230 g/mol. The summed E-state index contributed by atoms with van der Waals surface area (Å²) >= 11 is 0. The van der Waals surface area contributed by atoms with E-state index in [1.807, 2.05) is 25.7 Å². The second-order valence-electron chi connectivity index (χ2n) is 4.11. The fourth-order valence-corrected chi connectivity index (χ4v) is 1.19. The van der Waals surface area contributed by atoms with Crippen molar-refractivity contribution >= 4 is 11.9 Å². The second-order valence-corrected chi connectivity index (χ2v) is 4.11. The standard InChI is InChI=1S/C11H22N2O3/c1-5-13(7-6-11(15)16)8-10(14)12(4)9(2)3/h9H,5-8H2,1-4H3,(H,15,16). The maximum atomic E-state index is 11.7. The Morgan fingerprint density at radius 3 is 2.25 bits per heavy atom. The molecule has 1 amide bonds. The third kappa shape index (κ3) is 5.70. The van der Waals surface area contributed by atoms with Crippen LogP contribution >= 0.6 is 0 Å². The molecule has 0 aliphatic rings. The van der Waals surface area contributed by atoms with E-state index in [9.17, 15) is 9.59 Å². The molecule has 5 nitrogen and oxygen atoms in total. The van der Waals surface area contributed by atoms with E-state index in [4.69, 9.17) is 5.11 Å². The lowest BCUT2D eigenvalue weighted by Crippen LogP contribution is -2.41. The van der Waals surface area contributed by atoms with Crippen LogP contribution in [0.25, 0.3) is 0 Å². The Hall–Kier alpha value is -1.10.